The quantitative estimate of drug-likeness (QED) is 0.610. The van der Waals surface area contributed by atoms with Gasteiger partial charge in [0.1, 0.15) is 5.75 Å². The Balaban J connectivity index is 2.40. The number of aliphatic imine (C=N–C) groups is 1. The summed E-state index contributed by atoms with van der Waals surface area (Å²) in [5.74, 6) is 0.813. The number of aryl methyl sites for hydroxylation is 1. The van der Waals surface area contributed by atoms with Crippen molar-refractivity contribution in [3.05, 3.63) is 56.5 Å². The Morgan fingerprint density at radius 2 is 1.95 bits per heavy atom. The second-order valence-corrected chi connectivity index (χ2v) is 6.05. The molecule has 0 heterocycles. The molecule has 4 heteroatoms. The number of hydrogen-bond acceptors (Lipinski definition) is 2. The summed E-state index contributed by atoms with van der Waals surface area (Å²) in [5.41, 5.74) is 3.05. The molecule has 0 aromatic heterocycles. The number of ether oxygens (including phenoxy) is 1. The molecular formula is C16H15Br2NO. The third-order valence-electron chi connectivity index (χ3n) is 2.78. The van der Waals surface area contributed by atoms with Crippen LogP contribution >= 0.6 is 31.9 Å². The van der Waals surface area contributed by atoms with Crippen molar-refractivity contribution >= 4 is 43.8 Å². The van der Waals surface area contributed by atoms with Crippen LogP contribution in [-0.2, 0) is 0 Å². The molecule has 0 aliphatic rings. The molecule has 2 rings (SSSR count). The van der Waals surface area contributed by atoms with Crippen LogP contribution in [0.3, 0.4) is 0 Å². The number of halogens is 2. The first-order valence-corrected chi connectivity index (χ1v) is 7.92. The summed E-state index contributed by atoms with van der Waals surface area (Å²) in [6.07, 6.45) is 1.84. The molecule has 2 aromatic rings. The minimum atomic E-state index is 0.617. The fraction of sp³-hybridized carbons (Fsp3) is 0.188. The first-order valence-electron chi connectivity index (χ1n) is 6.33. The number of rotatable bonds is 4. The Morgan fingerprint density at radius 1 is 1.20 bits per heavy atom. The summed E-state index contributed by atoms with van der Waals surface area (Å²) in [6, 6.07) is 12.0. The lowest BCUT2D eigenvalue weighted by Crippen LogP contribution is -1.97. The fourth-order valence-electron chi connectivity index (χ4n) is 1.82. The van der Waals surface area contributed by atoms with E-state index in [0.717, 1.165) is 31.5 Å². The van der Waals surface area contributed by atoms with Crippen molar-refractivity contribution in [2.45, 2.75) is 13.8 Å². The highest BCUT2D eigenvalue weighted by molar-refractivity contribution is 9.11. The standard InChI is InChI=1S/C16H15Br2NO/c1-3-20-16-12(8-13(17)9-14(16)18)10-19-15-7-5-4-6-11(15)2/h4-10H,3H2,1-2H3. The molecule has 0 fully saturated rings. The van der Waals surface area contributed by atoms with Crippen LogP contribution in [0.25, 0.3) is 0 Å². The smallest absolute Gasteiger partial charge is 0.142 e. The molecule has 0 spiro atoms. The van der Waals surface area contributed by atoms with Crippen LogP contribution in [0.15, 0.2) is 50.3 Å². The van der Waals surface area contributed by atoms with Gasteiger partial charge in [-0.25, -0.2) is 0 Å². The van der Waals surface area contributed by atoms with Crippen LogP contribution in [0, 0.1) is 6.92 Å². The van der Waals surface area contributed by atoms with Gasteiger partial charge in [0.25, 0.3) is 0 Å². The molecule has 0 bridgehead atoms. The second kappa shape index (κ2) is 7.04. The maximum atomic E-state index is 5.68. The molecule has 20 heavy (non-hydrogen) atoms. The van der Waals surface area contributed by atoms with Crippen LogP contribution < -0.4 is 4.74 Å². The Labute approximate surface area is 136 Å². The van der Waals surface area contributed by atoms with E-state index in [2.05, 4.69) is 36.9 Å². The summed E-state index contributed by atoms with van der Waals surface area (Å²) in [6.45, 7) is 4.63. The summed E-state index contributed by atoms with van der Waals surface area (Å²) >= 11 is 7.01. The lowest BCUT2D eigenvalue weighted by molar-refractivity contribution is 0.337. The van der Waals surface area contributed by atoms with E-state index in [1.807, 2.05) is 56.5 Å². The van der Waals surface area contributed by atoms with Crippen molar-refractivity contribution in [2.75, 3.05) is 6.61 Å². The highest BCUT2D eigenvalue weighted by atomic mass is 79.9. The number of para-hydroxylation sites is 1. The molecule has 0 N–H and O–H groups in total. The second-order valence-electron chi connectivity index (χ2n) is 4.28. The summed E-state index contributed by atoms with van der Waals surface area (Å²) in [5, 5.41) is 0. The highest BCUT2D eigenvalue weighted by Crippen LogP contribution is 2.32. The minimum Gasteiger partial charge on any atom is -0.492 e. The van der Waals surface area contributed by atoms with Crippen molar-refractivity contribution in [3.8, 4) is 5.75 Å². The van der Waals surface area contributed by atoms with E-state index in [1.54, 1.807) is 0 Å². The van der Waals surface area contributed by atoms with Gasteiger partial charge in [0.05, 0.1) is 16.8 Å². The van der Waals surface area contributed by atoms with Gasteiger partial charge in [-0.15, -0.1) is 0 Å². The summed E-state index contributed by atoms with van der Waals surface area (Å²) in [4.78, 5) is 4.55. The molecule has 0 saturated carbocycles. The number of hydrogen-bond donors (Lipinski definition) is 0. The molecule has 0 atom stereocenters. The zero-order valence-electron chi connectivity index (χ0n) is 11.4. The SMILES string of the molecule is CCOc1c(Br)cc(Br)cc1C=Nc1ccccc1C. The van der Waals surface area contributed by atoms with Gasteiger partial charge in [0.15, 0.2) is 0 Å². The maximum Gasteiger partial charge on any atom is 0.142 e. The molecular weight excluding hydrogens is 382 g/mol. The fourth-order valence-corrected chi connectivity index (χ4v) is 3.19. The average molecular weight is 397 g/mol. The van der Waals surface area contributed by atoms with Crippen LogP contribution in [0.5, 0.6) is 5.75 Å². The molecule has 2 nitrogen and oxygen atoms in total. The van der Waals surface area contributed by atoms with Crippen molar-refractivity contribution in [2.24, 2.45) is 4.99 Å². The molecule has 0 radical (unpaired) electrons. The van der Waals surface area contributed by atoms with E-state index in [9.17, 15) is 0 Å². The first kappa shape index (κ1) is 15.3. The lowest BCUT2D eigenvalue weighted by Gasteiger charge is -2.10. The van der Waals surface area contributed by atoms with Gasteiger partial charge in [-0.2, -0.15) is 0 Å². The minimum absolute atomic E-state index is 0.617. The van der Waals surface area contributed by atoms with Crippen LogP contribution in [0.2, 0.25) is 0 Å². The van der Waals surface area contributed by atoms with Gasteiger partial charge in [-0.3, -0.25) is 4.99 Å². The number of benzene rings is 2. The van der Waals surface area contributed by atoms with Crippen molar-refractivity contribution in [1.29, 1.82) is 0 Å². The monoisotopic (exact) mass is 395 g/mol. The molecule has 0 unspecified atom stereocenters. The average Bonchev–Trinajstić information content (AvgIpc) is 2.41. The first-order chi connectivity index (χ1) is 9.61. The third-order valence-corrected chi connectivity index (χ3v) is 3.83. The molecule has 0 amide bonds. The lowest BCUT2D eigenvalue weighted by atomic mass is 10.2. The van der Waals surface area contributed by atoms with Gasteiger partial charge in [-0.1, -0.05) is 34.1 Å². The Bertz CT molecular complexity index is 638. The third kappa shape index (κ3) is 3.70. The van der Waals surface area contributed by atoms with E-state index in [4.69, 9.17) is 4.74 Å². The van der Waals surface area contributed by atoms with E-state index >= 15 is 0 Å². The summed E-state index contributed by atoms with van der Waals surface area (Å²) < 4.78 is 7.58. The highest BCUT2D eigenvalue weighted by Gasteiger charge is 2.08. The van der Waals surface area contributed by atoms with E-state index in [1.165, 1.54) is 0 Å². The maximum absolute atomic E-state index is 5.68. The number of nitrogens with zero attached hydrogens (tertiary/aromatic N) is 1. The van der Waals surface area contributed by atoms with Crippen LogP contribution in [0.4, 0.5) is 5.69 Å². The van der Waals surface area contributed by atoms with E-state index < -0.39 is 0 Å². The van der Waals surface area contributed by atoms with Crippen molar-refractivity contribution in [3.63, 3.8) is 0 Å². The molecule has 2 aromatic carbocycles. The van der Waals surface area contributed by atoms with Crippen LogP contribution in [0.1, 0.15) is 18.1 Å². The zero-order valence-corrected chi connectivity index (χ0v) is 14.5. The van der Waals surface area contributed by atoms with E-state index in [-0.39, 0.29) is 0 Å². The molecule has 104 valence electrons. The predicted octanol–water partition coefficient (Wildman–Crippen LogP) is 5.67. The Hall–Kier alpha value is -1.13. The molecule has 0 saturated heterocycles. The topological polar surface area (TPSA) is 21.6 Å². The van der Waals surface area contributed by atoms with Gasteiger partial charge < -0.3 is 4.74 Å². The Morgan fingerprint density at radius 3 is 2.65 bits per heavy atom. The molecule has 0 aliphatic carbocycles. The van der Waals surface area contributed by atoms with Gasteiger partial charge in [0.2, 0.25) is 0 Å². The van der Waals surface area contributed by atoms with Gasteiger partial charge in [-0.05, 0) is 53.5 Å². The largest absolute Gasteiger partial charge is 0.492 e. The van der Waals surface area contributed by atoms with Gasteiger partial charge in [0, 0.05) is 16.3 Å². The van der Waals surface area contributed by atoms with Gasteiger partial charge >= 0.3 is 0 Å². The van der Waals surface area contributed by atoms with Crippen molar-refractivity contribution in [1.82, 2.24) is 0 Å². The van der Waals surface area contributed by atoms with Crippen molar-refractivity contribution < 1.29 is 4.74 Å². The van der Waals surface area contributed by atoms with Crippen LogP contribution in [-0.4, -0.2) is 12.8 Å². The zero-order chi connectivity index (χ0) is 14.5. The Kier molecular flexibility index (Phi) is 5.38. The predicted molar refractivity (Wildman–Crippen MR) is 91.4 cm³/mol. The molecule has 0 aliphatic heterocycles. The summed E-state index contributed by atoms with van der Waals surface area (Å²) in [7, 11) is 0. The van der Waals surface area contributed by atoms with E-state index in [0.29, 0.717) is 6.61 Å². The normalized spacial score (nSPS) is 11.0.